The Morgan fingerprint density at radius 2 is 1.08 bits per heavy atom. The number of hydrogen-bond donors (Lipinski definition) is 1. The second-order valence-electron chi connectivity index (χ2n) is 17.6. The van der Waals surface area contributed by atoms with Crippen molar-refractivity contribution < 1.29 is 41.5 Å². The zero-order valence-corrected chi connectivity index (χ0v) is 40.8. The van der Waals surface area contributed by atoms with Gasteiger partial charge in [-0.25, -0.2) is 32.0 Å². The number of rotatable bonds is 7. The van der Waals surface area contributed by atoms with Gasteiger partial charge in [-0.05, 0) is 125 Å². The summed E-state index contributed by atoms with van der Waals surface area (Å²) in [7, 11) is 0. The van der Waals surface area contributed by atoms with Crippen molar-refractivity contribution in [3.8, 4) is 0 Å². The summed E-state index contributed by atoms with van der Waals surface area (Å²) in [5.41, 5.74) is 7.20. The number of nitrogens with zero attached hydrogens (tertiary/aromatic N) is 9. The fourth-order valence-electron chi connectivity index (χ4n) is 8.47. The summed E-state index contributed by atoms with van der Waals surface area (Å²) >= 11 is 11.0. The van der Waals surface area contributed by atoms with E-state index in [2.05, 4.69) is 19.7 Å². The van der Waals surface area contributed by atoms with E-state index in [1.165, 1.54) is 60.9 Å². The quantitative estimate of drug-likeness (QED) is 0.0701. The minimum atomic E-state index is -1.18. The number of ether oxygens (including phenoxy) is 1. The van der Waals surface area contributed by atoms with Gasteiger partial charge < -0.3 is 25.2 Å². The molecular formula is C52H40F4N10O5S2. The number of esters is 1. The lowest BCUT2D eigenvalue weighted by Gasteiger charge is -2.29. The molecule has 6 heterocycles. The molecule has 3 amide bonds. The van der Waals surface area contributed by atoms with Crippen LogP contribution in [-0.2, 0) is 40.6 Å². The lowest BCUT2D eigenvalue weighted by Crippen LogP contribution is -2.44. The summed E-state index contributed by atoms with van der Waals surface area (Å²) in [5, 5.41) is 0.156. The summed E-state index contributed by atoms with van der Waals surface area (Å²) in [5.74, 6) is -3.82. The highest BCUT2D eigenvalue weighted by Crippen LogP contribution is 2.40. The summed E-state index contributed by atoms with van der Waals surface area (Å²) in [6.07, 6.45) is 3.27. The number of thiocarbonyl (C=S) groups is 2. The van der Waals surface area contributed by atoms with Crippen molar-refractivity contribution in [2.24, 2.45) is 5.73 Å². The molecule has 0 atom stereocenters. The first kappa shape index (κ1) is 50.9. The first-order valence-electron chi connectivity index (χ1n) is 22.1. The number of halogens is 4. The van der Waals surface area contributed by atoms with Gasteiger partial charge in [0.1, 0.15) is 41.0 Å². The molecule has 2 fully saturated rings. The van der Waals surface area contributed by atoms with E-state index in [1.54, 1.807) is 88.6 Å². The van der Waals surface area contributed by atoms with Crippen molar-refractivity contribution >= 4 is 92.5 Å². The molecule has 73 heavy (non-hydrogen) atoms. The maximum Gasteiger partial charge on any atom is 0.340 e. The molecule has 2 aromatic heterocycles. The summed E-state index contributed by atoms with van der Waals surface area (Å²) in [6.45, 7) is 21.3. The summed E-state index contributed by atoms with van der Waals surface area (Å²) < 4.78 is 62.5. The van der Waals surface area contributed by atoms with Crippen LogP contribution in [-0.4, -0.2) is 59.9 Å². The van der Waals surface area contributed by atoms with E-state index in [0.29, 0.717) is 52.5 Å². The van der Waals surface area contributed by atoms with Crippen LogP contribution in [0.5, 0.6) is 0 Å². The Kier molecular flexibility index (Phi) is 13.9. The van der Waals surface area contributed by atoms with Crippen molar-refractivity contribution in [3.63, 3.8) is 0 Å². The number of cyclic esters (lactones) is 1. The number of pyridine rings is 2. The lowest BCUT2D eigenvalue weighted by atomic mass is 10.0. The molecule has 4 aliphatic heterocycles. The highest BCUT2D eigenvalue weighted by Gasteiger charge is 2.52. The molecule has 2 saturated heterocycles. The van der Waals surface area contributed by atoms with Crippen LogP contribution in [0.25, 0.3) is 9.69 Å². The fourth-order valence-corrected chi connectivity index (χ4v) is 9.52. The van der Waals surface area contributed by atoms with Gasteiger partial charge in [0.05, 0.1) is 53.6 Å². The second kappa shape index (κ2) is 20.0. The summed E-state index contributed by atoms with van der Waals surface area (Å²) in [4.78, 5) is 71.0. The highest BCUT2D eigenvalue weighted by molar-refractivity contribution is 7.81. The average Bonchev–Trinajstić information content (AvgIpc) is 4.01. The second-order valence-corrected chi connectivity index (χ2v) is 18.3. The first-order valence-corrected chi connectivity index (χ1v) is 22.9. The normalized spacial score (nSPS) is 16.1. The molecule has 4 aliphatic rings. The van der Waals surface area contributed by atoms with Gasteiger partial charge in [0, 0.05) is 48.0 Å². The molecule has 2 N–H and O–H groups in total. The maximum atomic E-state index is 15.2. The minimum absolute atomic E-state index is 0.0533. The van der Waals surface area contributed by atoms with Gasteiger partial charge in [0.2, 0.25) is 11.4 Å². The molecule has 0 unspecified atom stereocenters. The van der Waals surface area contributed by atoms with E-state index in [9.17, 15) is 32.3 Å². The average molecular weight is 1030 g/mol. The number of amides is 3. The number of benzene rings is 4. The van der Waals surface area contributed by atoms with Crippen LogP contribution in [0.2, 0.25) is 0 Å². The Morgan fingerprint density at radius 3 is 1.52 bits per heavy atom. The van der Waals surface area contributed by atoms with Crippen LogP contribution in [0.15, 0.2) is 109 Å². The van der Waals surface area contributed by atoms with Gasteiger partial charge in [0.15, 0.2) is 10.2 Å². The van der Waals surface area contributed by atoms with Crippen molar-refractivity contribution in [3.05, 3.63) is 189 Å². The van der Waals surface area contributed by atoms with Crippen molar-refractivity contribution in [1.29, 1.82) is 0 Å². The number of hydrogen-bond acceptors (Lipinski definition) is 10. The Labute approximate surface area is 426 Å². The van der Waals surface area contributed by atoms with Crippen molar-refractivity contribution in [2.75, 3.05) is 19.6 Å². The van der Waals surface area contributed by atoms with Crippen LogP contribution < -0.4 is 25.3 Å². The largest absolute Gasteiger partial charge is 0.456 e. The molecule has 10 rings (SSSR count). The Morgan fingerprint density at radius 1 is 0.630 bits per heavy atom. The van der Waals surface area contributed by atoms with Crippen LogP contribution >= 0.6 is 24.4 Å². The van der Waals surface area contributed by atoms with E-state index in [4.69, 9.17) is 48.1 Å². The lowest BCUT2D eigenvalue weighted by molar-refractivity contribution is -0.121. The van der Waals surface area contributed by atoms with Crippen LogP contribution in [0.1, 0.15) is 70.9 Å². The SMILES string of the molecule is O=C1OCc2ncccc21.[C-]#[N+]c1ccc(N2C(=O)C(C)(C)N(c3ccc(CN)c(F)c3)C2=S)cc1F.[C-]#[N+]c1ccc(N2C(=O)C(C)(C)N(c3ccc(CN4Cc5ncccc5C4=O)c(F)c3)C2=S)cc1F. The summed E-state index contributed by atoms with van der Waals surface area (Å²) in [6, 6.07) is 23.4. The number of anilines is 4. The number of aromatic nitrogens is 2. The molecule has 21 heteroatoms. The molecule has 0 bridgehead atoms. The topological polar surface area (TPSA) is 154 Å². The Balaban J connectivity index is 0.000000168. The highest BCUT2D eigenvalue weighted by atomic mass is 32.1. The van der Waals surface area contributed by atoms with Gasteiger partial charge in [-0.3, -0.25) is 34.2 Å². The van der Waals surface area contributed by atoms with E-state index in [1.807, 2.05) is 0 Å². The molecule has 368 valence electrons. The smallest absolute Gasteiger partial charge is 0.340 e. The van der Waals surface area contributed by atoms with Gasteiger partial charge in [-0.2, -0.15) is 0 Å². The Hall–Kier alpha value is -8.50. The maximum absolute atomic E-state index is 15.2. The van der Waals surface area contributed by atoms with E-state index >= 15 is 4.39 Å². The van der Waals surface area contributed by atoms with Gasteiger partial charge in [-0.15, -0.1) is 0 Å². The molecule has 15 nitrogen and oxygen atoms in total. The Bertz CT molecular complexity index is 3420. The van der Waals surface area contributed by atoms with Gasteiger partial charge >= 0.3 is 5.97 Å². The molecule has 0 saturated carbocycles. The van der Waals surface area contributed by atoms with Crippen LogP contribution in [0.4, 0.5) is 51.7 Å². The van der Waals surface area contributed by atoms with E-state index in [-0.39, 0.29) is 63.8 Å². The third-order valence-corrected chi connectivity index (χ3v) is 13.1. The first-order chi connectivity index (χ1) is 34.7. The molecule has 4 aromatic carbocycles. The molecular weight excluding hydrogens is 985 g/mol. The monoisotopic (exact) mass is 1020 g/mol. The third-order valence-electron chi connectivity index (χ3n) is 12.3. The molecule has 6 aromatic rings. The molecule has 0 spiro atoms. The van der Waals surface area contributed by atoms with Crippen LogP contribution in [0.3, 0.4) is 0 Å². The van der Waals surface area contributed by atoms with E-state index in [0.717, 1.165) is 17.8 Å². The van der Waals surface area contributed by atoms with Gasteiger partial charge in [-0.1, -0.05) is 24.3 Å². The van der Waals surface area contributed by atoms with Crippen molar-refractivity contribution in [2.45, 2.75) is 65.0 Å². The zero-order chi connectivity index (χ0) is 52.7. The number of fused-ring (bicyclic) bond motifs is 2. The fraction of sp³-hybridized carbons (Fsp3) is 0.192. The predicted octanol–water partition coefficient (Wildman–Crippen LogP) is 9.63. The van der Waals surface area contributed by atoms with Crippen molar-refractivity contribution in [1.82, 2.24) is 14.9 Å². The standard InChI is InChI=1S/C26H19F2N5O2S.C19H16F2N4OS.C7H5NO2/c1-26(2)24(35)32(16-8-9-21(29-3)20(28)11-16)25(36)33(26)17-7-6-15(19(27)12-17)13-31-14-22-18(23(31)34)5-4-10-30-22;1-19(2)17(26)24(12-6-7-16(23-3)15(21)8-12)18(27)25(19)13-5-4-11(10-22)14(20)9-13;9-7-5-2-1-3-8-6(5)4-10-7/h4-12H,13-14H2,1-2H3;4-9H,10,22H2,1-2H3;1-3H,4H2. The minimum Gasteiger partial charge on any atom is -0.456 e. The van der Waals surface area contributed by atoms with Gasteiger partial charge in [0.25, 0.3) is 17.7 Å². The predicted molar refractivity (Wildman–Crippen MR) is 270 cm³/mol. The number of carbonyl (C=O) groups is 4. The third kappa shape index (κ3) is 9.32. The molecule has 0 radical (unpaired) electrons. The number of nitrogens with two attached hydrogens (primary N) is 1. The zero-order valence-electron chi connectivity index (χ0n) is 39.2. The van der Waals surface area contributed by atoms with E-state index < -0.39 is 40.3 Å². The molecule has 0 aliphatic carbocycles. The number of carbonyl (C=O) groups excluding carboxylic acids is 4. The van der Waals surface area contributed by atoms with Crippen LogP contribution in [0, 0.1) is 36.4 Å².